The second-order valence-electron chi connectivity index (χ2n) is 5.17. The van der Waals surface area contributed by atoms with E-state index in [1.54, 1.807) is 0 Å². The number of hydrogen-bond acceptors (Lipinski definition) is 4. The van der Waals surface area contributed by atoms with Crippen LogP contribution in [0.4, 0.5) is 0 Å². The molecule has 1 aliphatic rings. The molecular weight excluding hydrogens is 226 g/mol. The number of morpholine rings is 1. The van der Waals surface area contributed by atoms with Crippen LogP contribution in [0.25, 0.3) is 0 Å². The summed E-state index contributed by atoms with van der Waals surface area (Å²) in [5.74, 6) is 0. The molecule has 18 heavy (non-hydrogen) atoms. The maximum Gasteiger partial charge on any atom is 0.0594 e. The Balaban J connectivity index is 2.48. The molecule has 0 radical (unpaired) electrons. The minimum atomic E-state index is 0.195. The predicted molar refractivity (Wildman–Crippen MR) is 76.9 cm³/mol. The van der Waals surface area contributed by atoms with E-state index in [1.807, 2.05) is 0 Å². The third kappa shape index (κ3) is 3.92. The molecule has 0 aromatic carbocycles. The standard InChI is InChI=1S/C14H31N3O/c1-4-14(5-2,13-15)17(6-3)8-7-16-9-11-18-12-10-16/h4-13,15H2,1-3H3. The predicted octanol–water partition coefficient (Wildman–Crippen LogP) is 1.16. The molecule has 2 N–H and O–H groups in total. The van der Waals surface area contributed by atoms with E-state index in [0.29, 0.717) is 0 Å². The molecule has 1 saturated heterocycles. The minimum absolute atomic E-state index is 0.195. The van der Waals surface area contributed by atoms with E-state index >= 15 is 0 Å². The van der Waals surface area contributed by atoms with Gasteiger partial charge in [0.2, 0.25) is 0 Å². The number of hydrogen-bond donors (Lipinski definition) is 1. The molecule has 1 rings (SSSR count). The van der Waals surface area contributed by atoms with Gasteiger partial charge in [-0.05, 0) is 19.4 Å². The zero-order valence-electron chi connectivity index (χ0n) is 12.5. The van der Waals surface area contributed by atoms with Gasteiger partial charge >= 0.3 is 0 Å². The van der Waals surface area contributed by atoms with Crippen molar-refractivity contribution in [2.75, 3.05) is 52.5 Å². The molecule has 0 aromatic heterocycles. The van der Waals surface area contributed by atoms with Gasteiger partial charge in [0.05, 0.1) is 13.2 Å². The Kier molecular flexibility index (Phi) is 7.15. The van der Waals surface area contributed by atoms with E-state index in [1.165, 1.54) is 0 Å². The maximum absolute atomic E-state index is 6.04. The second-order valence-corrected chi connectivity index (χ2v) is 5.17. The monoisotopic (exact) mass is 257 g/mol. The lowest BCUT2D eigenvalue weighted by Gasteiger charge is -2.43. The normalized spacial score (nSPS) is 18.5. The maximum atomic E-state index is 6.04. The van der Waals surface area contributed by atoms with Gasteiger partial charge in [0.1, 0.15) is 0 Å². The van der Waals surface area contributed by atoms with Crippen molar-refractivity contribution in [3.05, 3.63) is 0 Å². The van der Waals surface area contributed by atoms with E-state index in [0.717, 1.165) is 65.3 Å². The lowest BCUT2D eigenvalue weighted by atomic mass is 9.90. The van der Waals surface area contributed by atoms with Gasteiger partial charge in [0.25, 0.3) is 0 Å². The van der Waals surface area contributed by atoms with Crippen LogP contribution in [0.15, 0.2) is 0 Å². The fourth-order valence-corrected chi connectivity index (χ4v) is 2.93. The summed E-state index contributed by atoms with van der Waals surface area (Å²) in [4.78, 5) is 5.07. The smallest absolute Gasteiger partial charge is 0.0594 e. The van der Waals surface area contributed by atoms with Crippen molar-refractivity contribution in [3.63, 3.8) is 0 Å². The van der Waals surface area contributed by atoms with Crippen LogP contribution in [0.3, 0.4) is 0 Å². The topological polar surface area (TPSA) is 41.7 Å². The number of rotatable bonds is 8. The summed E-state index contributed by atoms with van der Waals surface area (Å²) in [5, 5.41) is 0. The summed E-state index contributed by atoms with van der Waals surface area (Å²) in [7, 11) is 0. The van der Waals surface area contributed by atoms with Gasteiger partial charge in [-0.15, -0.1) is 0 Å². The Bertz CT molecular complexity index is 205. The second kappa shape index (κ2) is 8.10. The van der Waals surface area contributed by atoms with Crippen LogP contribution in [-0.4, -0.2) is 67.8 Å². The van der Waals surface area contributed by atoms with Crippen LogP contribution in [0, 0.1) is 0 Å². The Morgan fingerprint density at radius 3 is 2.22 bits per heavy atom. The van der Waals surface area contributed by atoms with Gasteiger partial charge in [-0.2, -0.15) is 0 Å². The van der Waals surface area contributed by atoms with Gasteiger partial charge in [0.15, 0.2) is 0 Å². The van der Waals surface area contributed by atoms with E-state index in [2.05, 4.69) is 30.6 Å². The largest absolute Gasteiger partial charge is 0.379 e. The van der Waals surface area contributed by atoms with Crippen LogP contribution >= 0.6 is 0 Å². The summed E-state index contributed by atoms with van der Waals surface area (Å²) in [5.41, 5.74) is 6.23. The van der Waals surface area contributed by atoms with E-state index < -0.39 is 0 Å². The quantitative estimate of drug-likeness (QED) is 0.708. The van der Waals surface area contributed by atoms with Gasteiger partial charge < -0.3 is 10.5 Å². The molecule has 0 unspecified atom stereocenters. The molecule has 4 heteroatoms. The van der Waals surface area contributed by atoms with Gasteiger partial charge in [-0.3, -0.25) is 9.80 Å². The Morgan fingerprint density at radius 1 is 1.17 bits per heavy atom. The fourth-order valence-electron chi connectivity index (χ4n) is 2.93. The first-order chi connectivity index (χ1) is 8.72. The molecule has 1 fully saturated rings. The molecule has 0 atom stereocenters. The van der Waals surface area contributed by atoms with Crippen molar-refractivity contribution >= 4 is 0 Å². The van der Waals surface area contributed by atoms with Crippen molar-refractivity contribution in [2.24, 2.45) is 5.73 Å². The number of ether oxygens (including phenoxy) is 1. The first kappa shape index (κ1) is 15.9. The van der Waals surface area contributed by atoms with Crippen molar-refractivity contribution in [2.45, 2.75) is 39.2 Å². The molecule has 0 amide bonds. The van der Waals surface area contributed by atoms with Crippen molar-refractivity contribution in [1.82, 2.24) is 9.80 Å². The number of likely N-dealkylation sites (N-methyl/N-ethyl adjacent to an activating group) is 1. The van der Waals surface area contributed by atoms with Gasteiger partial charge in [0, 0.05) is 38.3 Å². The highest BCUT2D eigenvalue weighted by atomic mass is 16.5. The Morgan fingerprint density at radius 2 is 1.78 bits per heavy atom. The number of nitrogens with zero attached hydrogens (tertiary/aromatic N) is 2. The summed E-state index contributed by atoms with van der Waals surface area (Å²) in [6.07, 6.45) is 2.27. The highest BCUT2D eigenvalue weighted by Gasteiger charge is 2.30. The molecule has 108 valence electrons. The lowest BCUT2D eigenvalue weighted by molar-refractivity contribution is 0.0212. The van der Waals surface area contributed by atoms with Crippen LogP contribution in [-0.2, 0) is 4.74 Å². The fraction of sp³-hybridized carbons (Fsp3) is 1.00. The zero-order chi connectivity index (χ0) is 13.4. The molecule has 1 heterocycles. The van der Waals surface area contributed by atoms with Crippen molar-refractivity contribution < 1.29 is 4.74 Å². The molecule has 0 bridgehead atoms. The summed E-state index contributed by atoms with van der Waals surface area (Å²) in [6.45, 7) is 14.8. The third-order valence-corrected chi connectivity index (χ3v) is 4.54. The van der Waals surface area contributed by atoms with Crippen LogP contribution in [0.5, 0.6) is 0 Å². The summed E-state index contributed by atoms with van der Waals surface area (Å²) < 4.78 is 5.39. The molecule has 0 aromatic rings. The first-order valence-electron chi connectivity index (χ1n) is 7.47. The molecule has 0 spiro atoms. The van der Waals surface area contributed by atoms with Gasteiger partial charge in [-0.1, -0.05) is 20.8 Å². The van der Waals surface area contributed by atoms with E-state index in [4.69, 9.17) is 10.5 Å². The zero-order valence-corrected chi connectivity index (χ0v) is 12.5. The van der Waals surface area contributed by atoms with Crippen LogP contribution in [0.2, 0.25) is 0 Å². The molecule has 4 nitrogen and oxygen atoms in total. The summed E-state index contributed by atoms with van der Waals surface area (Å²) >= 11 is 0. The third-order valence-electron chi connectivity index (χ3n) is 4.54. The highest BCUT2D eigenvalue weighted by molar-refractivity contribution is 4.89. The first-order valence-corrected chi connectivity index (χ1v) is 7.47. The molecule has 0 aliphatic carbocycles. The number of nitrogens with two attached hydrogens (primary N) is 1. The van der Waals surface area contributed by atoms with E-state index in [-0.39, 0.29) is 5.54 Å². The van der Waals surface area contributed by atoms with Crippen LogP contribution < -0.4 is 5.73 Å². The van der Waals surface area contributed by atoms with Crippen molar-refractivity contribution in [1.29, 1.82) is 0 Å². The Hall–Kier alpha value is -0.160. The van der Waals surface area contributed by atoms with Gasteiger partial charge in [-0.25, -0.2) is 0 Å². The summed E-state index contributed by atoms with van der Waals surface area (Å²) in [6, 6.07) is 0. The molecule has 0 saturated carbocycles. The SMILES string of the molecule is CCN(CCN1CCOCC1)C(CC)(CC)CN. The molecule has 1 aliphatic heterocycles. The molecular formula is C14H31N3O. The van der Waals surface area contributed by atoms with Crippen LogP contribution in [0.1, 0.15) is 33.6 Å². The average Bonchev–Trinajstić information content (AvgIpc) is 2.45. The minimum Gasteiger partial charge on any atom is -0.379 e. The average molecular weight is 257 g/mol. The van der Waals surface area contributed by atoms with E-state index in [9.17, 15) is 0 Å². The lowest BCUT2D eigenvalue weighted by Crippen LogP contribution is -2.55. The highest BCUT2D eigenvalue weighted by Crippen LogP contribution is 2.22. The van der Waals surface area contributed by atoms with Crippen molar-refractivity contribution in [3.8, 4) is 0 Å². The Labute approximate surface area is 112 Å².